The van der Waals surface area contributed by atoms with Crippen LogP contribution >= 0.6 is 23.1 Å². The third kappa shape index (κ3) is 5.79. The van der Waals surface area contributed by atoms with E-state index in [9.17, 15) is 19.6 Å². The maximum absolute atomic E-state index is 13.7. The van der Waals surface area contributed by atoms with E-state index in [1.807, 2.05) is 45.0 Å². The lowest BCUT2D eigenvalue weighted by molar-refractivity contribution is -0.118. The molecule has 0 fully saturated rings. The molecule has 3 aromatic rings. The number of anilines is 2. The molecule has 1 unspecified atom stereocenters. The van der Waals surface area contributed by atoms with Gasteiger partial charge in [0.2, 0.25) is 11.0 Å². The number of nitriles is 1. The van der Waals surface area contributed by atoms with Gasteiger partial charge < -0.3 is 16.2 Å². The van der Waals surface area contributed by atoms with Crippen LogP contribution in [0.25, 0.3) is 0 Å². The highest BCUT2D eigenvalue weighted by Gasteiger charge is 2.45. The van der Waals surface area contributed by atoms with Crippen molar-refractivity contribution in [3.05, 3.63) is 87.9 Å². The third-order valence-corrected chi connectivity index (χ3v) is 9.13. The first-order valence-electron chi connectivity index (χ1n) is 13.1. The zero-order valence-electron chi connectivity index (χ0n) is 23.2. The number of nitrogens with one attached hydrogen (secondary N) is 1. The standard InChI is InChI=1S/C30H28N6O4S2/c1-16-5-4-6-18(11-16)24-20(14-31)26(32)36(21-12-30(2,3)13-22(37)25(21)24)28-34-35-29(42-28)41-15-23(38)33-19-9-7-17(8-10-19)27(39)40/h4-11,24H,12-13,15,32H2,1-3H3,(H,33,38)(H,39,40). The SMILES string of the molecule is Cc1cccc(C2C(C#N)=C(N)N(c3nnc(SCC(=O)Nc4ccc(C(=O)O)cc4)s3)C3=C2C(=O)CC(C)(C)C3)c1. The fourth-order valence-electron chi connectivity index (χ4n) is 5.28. The van der Waals surface area contributed by atoms with Crippen molar-refractivity contribution in [1.29, 1.82) is 5.26 Å². The number of nitrogens with zero attached hydrogens (tertiary/aromatic N) is 4. The van der Waals surface area contributed by atoms with Gasteiger partial charge in [0, 0.05) is 23.4 Å². The zero-order chi connectivity index (χ0) is 30.2. The van der Waals surface area contributed by atoms with E-state index in [0.29, 0.717) is 33.6 Å². The Morgan fingerprint density at radius 3 is 2.62 bits per heavy atom. The van der Waals surface area contributed by atoms with Gasteiger partial charge in [0.05, 0.1) is 28.9 Å². The van der Waals surface area contributed by atoms with Gasteiger partial charge in [0.1, 0.15) is 5.82 Å². The molecule has 42 heavy (non-hydrogen) atoms. The lowest BCUT2D eigenvalue weighted by Gasteiger charge is -2.42. The number of nitrogens with two attached hydrogens (primary N) is 1. The predicted octanol–water partition coefficient (Wildman–Crippen LogP) is 5.22. The van der Waals surface area contributed by atoms with Crippen molar-refractivity contribution < 1.29 is 19.5 Å². The molecule has 2 heterocycles. The maximum Gasteiger partial charge on any atom is 0.335 e. The average molecular weight is 601 g/mol. The van der Waals surface area contributed by atoms with Crippen molar-refractivity contribution in [3.8, 4) is 6.07 Å². The number of rotatable bonds is 7. The number of ketones is 1. The monoisotopic (exact) mass is 600 g/mol. The number of aromatic carboxylic acids is 1. The van der Waals surface area contributed by atoms with Gasteiger partial charge in [-0.05, 0) is 48.6 Å². The lowest BCUT2D eigenvalue weighted by Crippen LogP contribution is -2.42. The average Bonchev–Trinajstić information content (AvgIpc) is 3.39. The number of carbonyl (C=O) groups is 3. The van der Waals surface area contributed by atoms with E-state index >= 15 is 0 Å². The highest BCUT2D eigenvalue weighted by Crippen LogP contribution is 2.50. The van der Waals surface area contributed by atoms with Gasteiger partial charge >= 0.3 is 5.97 Å². The van der Waals surface area contributed by atoms with E-state index in [1.54, 1.807) is 4.90 Å². The third-order valence-electron chi connectivity index (χ3n) is 7.09. The molecule has 1 aromatic heterocycles. The van der Waals surface area contributed by atoms with E-state index in [4.69, 9.17) is 10.8 Å². The molecule has 0 spiro atoms. The van der Waals surface area contributed by atoms with Crippen LogP contribution in [0.2, 0.25) is 0 Å². The number of carboxylic acid groups (broad SMARTS) is 1. The Morgan fingerprint density at radius 1 is 1.21 bits per heavy atom. The normalized spacial score (nSPS) is 18.0. The zero-order valence-corrected chi connectivity index (χ0v) is 24.8. The summed E-state index contributed by atoms with van der Waals surface area (Å²) in [7, 11) is 0. The quantitative estimate of drug-likeness (QED) is 0.307. The summed E-state index contributed by atoms with van der Waals surface area (Å²) in [6, 6.07) is 15.9. The van der Waals surface area contributed by atoms with Gasteiger partial charge in [-0.3, -0.25) is 14.5 Å². The predicted molar refractivity (Wildman–Crippen MR) is 161 cm³/mol. The van der Waals surface area contributed by atoms with Crippen LogP contribution in [0.5, 0.6) is 0 Å². The molecule has 4 N–H and O–H groups in total. The van der Waals surface area contributed by atoms with Crippen molar-refractivity contribution in [2.75, 3.05) is 16.0 Å². The van der Waals surface area contributed by atoms with Gasteiger partial charge in [-0.25, -0.2) is 4.79 Å². The molecule has 12 heteroatoms. The Hall–Kier alpha value is -4.47. The molecular weight excluding hydrogens is 573 g/mol. The van der Waals surface area contributed by atoms with Crippen LogP contribution in [0, 0.1) is 23.7 Å². The number of hydrogen-bond donors (Lipinski definition) is 3. The molecule has 1 aliphatic heterocycles. The van der Waals surface area contributed by atoms with Crippen LogP contribution in [-0.2, 0) is 9.59 Å². The van der Waals surface area contributed by atoms with Crippen LogP contribution in [0.4, 0.5) is 10.8 Å². The largest absolute Gasteiger partial charge is 0.478 e. The lowest BCUT2D eigenvalue weighted by atomic mass is 9.68. The first-order valence-corrected chi connectivity index (χ1v) is 14.9. The van der Waals surface area contributed by atoms with Crippen molar-refractivity contribution in [1.82, 2.24) is 10.2 Å². The molecule has 2 aromatic carbocycles. The van der Waals surface area contributed by atoms with Gasteiger partial charge in [-0.15, -0.1) is 10.2 Å². The number of carboxylic acids is 1. The molecule has 1 atom stereocenters. The molecular formula is C30H28N6O4S2. The topological polar surface area (TPSA) is 162 Å². The van der Waals surface area contributed by atoms with Gasteiger partial charge in [0.25, 0.3) is 0 Å². The van der Waals surface area contributed by atoms with Crippen molar-refractivity contribution >= 4 is 51.6 Å². The van der Waals surface area contributed by atoms with E-state index in [1.165, 1.54) is 47.4 Å². The Balaban J connectivity index is 1.42. The summed E-state index contributed by atoms with van der Waals surface area (Å²) in [4.78, 5) is 38.9. The number of thioether (sulfide) groups is 1. The fraction of sp³-hybridized carbons (Fsp3) is 0.267. The summed E-state index contributed by atoms with van der Waals surface area (Å²) in [5.74, 6) is -1.68. The van der Waals surface area contributed by atoms with Crippen molar-refractivity contribution in [2.24, 2.45) is 11.1 Å². The molecule has 0 saturated carbocycles. The second-order valence-electron chi connectivity index (χ2n) is 11.0. The first kappa shape index (κ1) is 29.0. The number of hydrogen-bond acceptors (Lipinski definition) is 10. The highest BCUT2D eigenvalue weighted by molar-refractivity contribution is 8.01. The Kier molecular flexibility index (Phi) is 7.90. The van der Waals surface area contributed by atoms with E-state index < -0.39 is 11.9 Å². The summed E-state index contributed by atoms with van der Waals surface area (Å²) in [6.07, 6.45) is 0.910. The molecule has 1 aliphatic carbocycles. The molecule has 0 bridgehead atoms. The number of aryl methyl sites for hydroxylation is 1. The number of benzene rings is 2. The minimum absolute atomic E-state index is 0.0230. The van der Waals surface area contributed by atoms with Crippen LogP contribution in [0.3, 0.4) is 0 Å². The Morgan fingerprint density at radius 2 is 1.95 bits per heavy atom. The molecule has 10 nitrogen and oxygen atoms in total. The Bertz CT molecular complexity index is 1700. The number of amides is 1. The number of carbonyl (C=O) groups excluding carboxylic acids is 2. The Labute approximate surface area is 250 Å². The van der Waals surface area contributed by atoms with E-state index in [2.05, 4.69) is 21.6 Å². The van der Waals surface area contributed by atoms with Crippen LogP contribution in [0.1, 0.15) is 54.1 Å². The molecule has 5 rings (SSSR count). The molecule has 0 radical (unpaired) electrons. The summed E-state index contributed by atoms with van der Waals surface area (Å²) >= 11 is 2.40. The van der Waals surface area contributed by atoms with Gasteiger partial charge in [0.15, 0.2) is 10.1 Å². The molecule has 1 amide bonds. The summed E-state index contributed by atoms with van der Waals surface area (Å²) < 4.78 is 0.511. The van der Waals surface area contributed by atoms with Gasteiger partial charge in [-0.1, -0.05) is 66.8 Å². The van der Waals surface area contributed by atoms with Crippen LogP contribution in [-0.4, -0.2) is 38.7 Å². The molecule has 214 valence electrons. The minimum Gasteiger partial charge on any atom is -0.478 e. The second-order valence-corrected chi connectivity index (χ2v) is 13.1. The second kappa shape index (κ2) is 11.4. The summed E-state index contributed by atoms with van der Waals surface area (Å²) in [5, 5.41) is 31.0. The first-order chi connectivity index (χ1) is 20.0. The summed E-state index contributed by atoms with van der Waals surface area (Å²) in [6.45, 7) is 6.03. The number of Topliss-reactive ketones (excluding diaryl/α,β-unsaturated/α-hetero) is 1. The van der Waals surface area contributed by atoms with Gasteiger partial charge in [-0.2, -0.15) is 5.26 Å². The molecule has 2 aliphatic rings. The summed E-state index contributed by atoms with van der Waals surface area (Å²) in [5.41, 5.74) is 10.4. The minimum atomic E-state index is -1.05. The molecule has 0 saturated heterocycles. The van der Waals surface area contributed by atoms with Crippen LogP contribution in [0.15, 0.2) is 75.5 Å². The fourth-order valence-corrected chi connectivity index (χ4v) is 6.96. The highest BCUT2D eigenvalue weighted by atomic mass is 32.2. The van der Waals surface area contributed by atoms with E-state index in [0.717, 1.165) is 16.8 Å². The maximum atomic E-state index is 13.7. The number of allylic oxidation sites excluding steroid dienone is 3. The van der Waals surface area contributed by atoms with Crippen LogP contribution < -0.4 is 16.0 Å². The smallest absolute Gasteiger partial charge is 0.335 e. The van der Waals surface area contributed by atoms with E-state index in [-0.39, 0.29) is 39.8 Å². The van der Waals surface area contributed by atoms with Crippen molar-refractivity contribution in [2.45, 2.75) is 43.9 Å². The number of aromatic nitrogens is 2. The van der Waals surface area contributed by atoms with Crippen molar-refractivity contribution in [3.63, 3.8) is 0 Å².